The smallest absolute Gasteiger partial charge is 0.264 e. The van der Waals surface area contributed by atoms with E-state index in [0.717, 1.165) is 34.4 Å². The van der Waals surface area contributed by atoms with E-state index in [-0.39, 0.29) is 17.4 Å². The van der Waals surface area contributed by atoms with Crippen LogP contribution in [0.2, 0.25) is 0 Å². The molecule has 0 bridgehead atoms. The number of para-hydroxylation sites is 1. The summed E-state index contributed by atoms with van der Waals surface area (Å²) < 4.78 is 29.0. The summed E-state index contributed by atoms with van der Waals surface area (Å²) in [6.45, 7) is 3.89. The van der Waals surface area contributed by atoms with Crippen LogP contribution < -0.4 is 5.32 Å². The number of halogens is 2. The molecule has 3 aromatic rings. The molecule has 146 valence electrons. The molecule has 1 amide bonds. The van der Waals surface area contributed by atoms with E-state index in [1.807, 2.05) is 24.5 Å². The fraction of sp³-hybridized carbons (Fsp3) is 0.0909. The summed E-state index contributed by atoms with van der Waals surface area (Å²) in [4.78, 5) is 17.0. The van der Waals surface area contributed by atoms with Gasteiger partial charge in [0.25, 0.3) is 5.91 Å². The van der Waals surface area contributed by atoms with Gasteiger partial charge in [0.1, 0.15) is 17.3 Å². The van der Waals surface area contributed by atoms with Gasteiger partial charge in [-0.1, -0.05) is 12.1 Å². The minimum Gasteiger partial charge on any atom is -0.318 e. The van der Waals surface area contributed by atoms with Crippen molar-refractivity contribution in [2.24, 2.45) is 4.99 Å². The molecular formula is C22H17F2N3OS. The van der Waals surface area contributed by atoms with Crippen LogP contribution in [0.15, 0.2) is 64.5 Å². The molecule has 0 aliphatic carbocycles. The highest BCUT2D eigenvalue weighted by molar-refractivity contribution is 8.18. The molecule has 1 aliphatic rings. The summed E-state index contributed by atoms with van der Waals surface area (Å²) >= 11 is 1.16. The monoisotopic (exact) mass is 409 g/mol. The van der Waals surface area contributed by atoms with E-state index in [4.69, 9.17) is 0 Å². The van der Waals surface area contributed by atoms with Crippen LogP contribution in [-0.2, 0) is 4.79 Å². The fourth-order valence-electron chi connectivity index (χ4n) is 3.19. The lowest BCUT2D eigenvalue weighted by Crippen LogP contribution is -2.19. The zero-order chi connectivity index (χ0) is 20.5. The van der Waals surface area contributed by atoms with Crippen LogP contribution in [0.4, 0.5) is 14.5 Å². The Morgan fingerprint density at radius 3 is 2.52 bits per heavy atom. The van der Waals surface area contributed by atoms with Crippen LogP contribution in [0, 0.1) is 25.5 Å². The van der Waals surface area contributed by atoms with Crippen molar-refractivity contribution in [3.63, 3.8) is 0 Å². The van der Waals surface area contributed by atoms with Gasteiger partial charge in [0, 0.05) is 17.1 Å². The molecule has 0 saturated carbocycles. The average Bonchev–Trinajstić information content (AvgIpc) is 3.17. The van der Waals surface area contributed by atoms with Crippen LogP contribution in [0.25, 0.3) is 11.8 Å². The number of aryl methyl sites for hydroxylation is 1. The molecule has 0 spiro atoms. The second-order valence-corrected chi connectivity index (χ2v) is 7.60. The quantitative estimate of drug-likeness (QED) is 0.600. The lowest BCUT2D eigenvalue weighted by atomic mass is 10.2. The van der Waals surface area contributed by atoms with Crippen LogP contribution >= 0.6 is 11.8 Å². The van der Waals surface area contributed by atoms with Crippen molar-refractivity contribution in [2.45, 2.75) is 13.8 Å². The Morgan fingerprint density at radius 2 is 1.79 bits per heavy atom. The first kappa shape index (κ1) is 19.1. The number of amides is 1. The number of thioether (sulfide) groups is 1. The van der Waals surface area contributed by atoms with Gasteiger partial charge in [-0.2, -0.15) is 0 Å². The SMILES string of the molecule is Cc1cc(/C=C2\SC(=Nc3ccccc3F)NC2=O)c(C)n1-c1ccc(F)cc1. The van der Waals surface area contributed by atoms with E-state index in [2.05, 4.69) is 10.3 Å². The molecule has 1 aromatic heterocycles. The first-order chi connectivity index (χ1) is 13.9. The van der Waals surface area contributed by atoms with Gasteiger partial charge in [0.2, 0.25) is 0 Å². The van der Waals surface area contributed by atoms with Gasteiger partial charge in [-0.05, 0) is 79.7 Å². The molecule has 0 unspecified atom stereocenters. The molecule has 1 saturated heterocycles. The summed E-state index contributed by atoms with van der Waals surface area (Å²) in [5.41, 5.74) is 3.78. The number of hydrogen-bond acceptors (Lipinski definition) is 3. The zero-order valence-corrected chi connectivity index (χ0v) is 16.6. The highest BCUT2D eigenvalue weighted by Gasteiger charge is 2.25. The second-order valence-electron chi connectivity index (χ2n) is 6.57. The van der Waals surface area contributed by atoms with Gasteiger partial charge >= 0.3 is 0 Å². The van der Waals surface area contributed by atoms with Crippen molar-refractivity contribution in [1.82, 2.24) is 9.88 Å². The number of amidine groups is 1. The Kier molecular flexibility index (Phi) is 5.07. The van der Waals surface area contributed by atoms with Crippen molar-refractivity contribution < 1.29 is 13.6 Å². The van der Waals surface area contributed by atoms with Crippen molar-refractivity contribution in [1.29, 1.82) is 0 Å². The Bertz CT molecular complexity index is 1160. The summed E-state index contributed by atoms with van der Waals surface area (Å²) in [5.74, 6) is -1.02. The number of carbonyl (C=O) groups excluding carboxylic acids is 1. The molecule has 29 heavy (non-hydrogen) atoms. The first-order valence-electron chi connectivity index (χ1n) is 8.91. The Balaban J connectivity index is 1.65. The van der Waals surface area contributed by atoms with Crippen molar-refractivity contribution >= 4 is 34.6 Å². The molecule has 1 N–H and O–H groups in total. The van der Waals surface area contributed by atoms with Crippen LogP contribution in [0.1, 0.15) is 17.0 Å². The van der Waals surface area contributed by atoms with E-state index < -0.39 is 5.82 Å². The lowest BCUT2D eigenvalue weighted by molar-refractivity contribution is -0.115. The van der Waals surface area contributed by atoms with Crippen LogP contribution in [0.3, 0.4) is 0 Å². The van der Waals surface area contributed by atoms with Gasteiger partial charge in [0.15, 0.2) is 5.17 Å². The highest BCUT2D eigenvalue weighted by Crippen LogP contribution is 2.31. The fourth-order valence-corrected chi connectivity index (χ4v) is 4.02. The number of benzene rings is 2. The number of nitrogens with zero attached hydrogens (tertiary/aromatic N) is 2. The molecule has 1 aliphatic heterocycles. The predicted octanol–water partition coefficient (Wildman–Crippen LogP) is 5.26. The molecular weight excluding hydrogens is 392 g/mol. The Labute approximate surface area is 171 Å². The average molecular weight is 409 g/mol. The molecule has 2 aromatic carbocycles. The number of aliphatic imine (C=N–C) groups is 1. The Morgan fingerprint density at radius 1 is 1.07 bits per heavy atom. The third kappa shape index (κ3) is 3.86. The molecule has 4 nitrogen and oxygen atoms in total. The largest absolute Gasteiger partial charge is 0.318 e. The highest BCUT2D eigenvalue weighted by atomic mass is 32.2. The van der Waals surface area contributed by atoms with Crippen molar-refractivity contribution in [3.8, 4) is 5.69 Å². The first-order valence-corrected chi connectivity index (χ1v) is 9.73. The minimum absolute atomic E-state index is 0.172. The van der Waals surface area contributed by atoms with Gasteiger partial charge < -0.3 is 9.88 Å². The topological polar surface area (TPSA) is 46.4 Å². The van der Waals surface area contributed by atoms with E-state index in [1.54, 1.807) is 36.4 Å². The van der Waals surface area contributed by atoms with Gasteiger partial charge in [-0.15, -0.1) is 0 Å². The van der Waals surface area contributed by atoms with Gasteiger partial charge in [0.05, 0.1) is 4.91 Å². The van der Waals surface area contributed by atoms with E-state index in [1.165, 1.54) is 18.2 Å². The normalized spacial score (nSPS) is 16.6. The van der Waals surface area contributed by atoms with Gasteiger partial charge in [-0.25, -0.2) is 13.8 Å². The van der Waals surface area contributed by atoms with E-state index >= 15 is 0 Å². The number of carbonyl (C=O) groups is 1. The molecule has 2 heterocycles. The molecule has 0 radical (unpaired) electrons. The maximum atomic E-state index is 13.8. The second kappa shape index (κ2) is 7.67. The summed E-state index contributed by atoms with van der Waals surface area (Å²) in [6, 6.07) is 14.4. The molecule has 1 fully saturated rings. The van der Waals surface area contributed by atoms with Gasteiger partial charge in [-0.3, -0.25) is 4.79 Å². The number of nitrogens with one attached hydrogen (secondary N) is 1. The molecule has 4 rings (SSSR count). The van der Waals surface area contributed by atoms with E-state index in [0.29, 0.717) is 10.1 Å². The third-order valence-corrected chi connectivity index (χ3v) is 5.48. The maximum Gasteiger partial charge on any atom is 0.264 e. The summed E-state index contributed by atoms with van der Waals surface area (Å²) in [7, 11) is 0. The number of rotatable bonds is 3. The zero-order valence-electron chi connectivity index (χ0n) is 15.7. The third-order valence-electron chi connectivity index (χ3n) is 4.57. The van der Waals surface area contributed by atoms with Crippen LogP contribution in [-0.4, -0.2) is 15.6 Å². The maximum absolute atomic E-state index is 13.8. The minimum atomic E-state index is -0.449. The van der Waals surface area contributed by atoms with Crippen molar-refractivity contribution in [3.05, 3.63) is 88.1 Å². The Hall–Kier alpha value is -3.19. The predicted molar refractivity (Wildman–Crippen MR) is 112 cm³/mol. The van der Waals surface area contributed by atoms with E-state index in [9.17, 15) is 13.6 Å². The standard InChI is InChI=1S/C22H17F2N3OS/c1-13-11-15(14(2)27(13)17-9-7-16(23)8-10-17)12-20-21(28)26-22(29-20)25-19-6-4-3-5-18(19)24/h3-12H,1-2H3,(H,25,26,28)/b20-12-. The number of aromatic nitrogens is 1. The van der Waals surface area contributed by atoms with Crippen LogP contribution in [0.5, 0.6) is 0 Å². The molecule has 7 heteroatoms. The van der Waals surface area contributed by atoms with Crippen molar-refractivity contribution in [2.75, 3.05) is 0 Å². The lowest BCUT2D eigenvalue weighted by Gasteiger charge is -2.09. The molecule has 0 atom stereocenters. The summed E-state index contributed by atoms with van der Waals surface area (Å²) in [6.07, 6.45) is 1.78. The summed E-state index contributed by atoms with van der Waals surface area (Å²) in [5, 5.41) is 3.00. The number of hydrogen-bond donors (Lipinski definition) is 1.